The largest absolute Gasteiger partial charge is 0.465 e. The van der Waals surface area contributed by atoms with Crippen molar-refractivity contribution in [3.05, 3.63) is 36.3 Å². The van der Waals surface area contributed by atoms with Gasteiger partial charge in [-0.15, -0.1) is 6.58 Å². The molecule has 0 radical (unpaired) electrons. The molecule has 0 amide bonds. The molecule has 1 aromatic rings. The summed E-state index contributed by atoms with van der Waals surface area (Å²) in [5, 5.41) is 3.15. The minimum absolute atomic E-state index is 0.199. The van der Waals surface area contributed by atoms with E-state index in [2.05, 4.69) is 11.9 Å². The van der Waals surface area contributed by atoms with Crippen molar-refractivity contribution in [3.63, 3.8) is 0 Å². The van der Waals surface area contributed by atoms with E-state index < -0.39 is 0 Å². The van der Waals surface area contributed by atoms with E-state index in [1.54, 1.807) is 0 Å². The molecule has 1 aromatic heterocycles. The molecule has 106 valence electrons. The van der Waals surface area contributed by atoms with Crippen molar-refractivity contribution in [2.24, 2.45) is 0 Å². The minimum atomic E-state index is -0.283. The Morgan fingerprint density at radius 1 is 1.58 bits per heavy atom. The lowest BCUT2D eigenvalue weighted by Crippen LogP contribution is -2.37. The molecule has 1 unspecified atom stereocenters. The smallest absolute Gasteiger partial charge is 0.323 e. The van der Waals surface area contributed by atoms with Gasteiger partial charge in [-0.3, -0.25) is 10.1 Å². The molecule has 0 aliphatic carbocycles. The van der Waals surface area contributed by atoms with E-state index >= 15 is 0 Å². The number of esters is 1. The number of unbranched alkanes of at least 4 members (excludes halogenated alkanes) is 1. The summed E-state index contributed by atoms with van der Waals surface area (Å²) in [6.45, 7) is 8.47. The van der Waals surface area contributed by atoms with Crippen molar-refractivity contribution in [1.29, 1.82) is 0 Å². The maximum atomic E-state index is 11.8. The summed E-state index contributed by atoms with van der Waals surface area (Å²) in [5.74, 6) is 1.50. The van der Waals surface area contributed by atoms with Crippen LogP contribution >= 0.6 is 0 Å². The average molecular weight is 265 g/mol. The zero-order chi connectivity index (χ0) is 14.1. The molecule has 19 heavy (non-hydrogen) atoms. The van der Waals surface area contributed by atoms with Gasteiger partial charge in [-0.25, -0.2) is 0 Å². The standard InChI is InChI=1S/C15H23NO3/c1-4-6-7-10-18-15(17)14(5-2)16-11-13-9-8-12(3)19-13/h4,8-9,14,16H,1,5-7,10-11H2,2-3H3. The first-order valence-electron chi connectivity index (χ1n) is 6.73. The predicted octanol–water partition coefficient (Wildman–Crippen LogP) is 2.97. The van der Waals surface area contributed by atoms with Gasteiger partial charge in [0.15, 0.2) is 0 Å². The van der Waals surface area contributed by atoms with Crippen LogP contribution in [0.1, 0.15) is 37.7 Å². The first kappa shape index (κ1) is 15.5. The van der Waals surface area contributed by atoms with Gasteiger partial charge < -0.3 is 9.15 Å². The molecule has 0 spiro atoms. The fourth-order valence-electron chi connectivity index (χ4n) is 1.70. The van der Waals surface area contributed by atoms with Gasteiger partial charge in [-0.1, -0.05) is 13.0 Å². The van der Waals surface area contributed by atoms with Crippen molar-refractivity contribution in [2.75, 3.05) is 6.61 Å². The number of ether oxygens (including phenoxy) is 1. The normalized spacial score (nSPS) is 12.1. The van der Waals surface area contributed by atoms with E-state index in [-0.39, 0.29) is 12.0 Å². The van der Waals surface area contributed by atoms with E-state index in [0.717, 1.165) is 24.4 Å². The highest BCUT2D eigenvalue weighted by Gasteiger charge is 2.17. The number of furan rings is 1. The van der Waals surface area contributed by atoms with Crippen LogP contribution in [0.4, 0.5) is 0 Å². The third-order valence-corrected chi connectivity index (χ3v) is 2.81. The molecular formula is C15H23NO3. The second-order valence-corrected chi connectivity index (χ2v) is 4.45. The fourth-order valence-corrected chi connectivity index (χ4v) is 1.70. The Bertz CT molecular complexity index is 398. The zero-order valence-corrected chi connectivity index (χ0v) is 11.8. The molecule has 1 N–H and O–H groups in total. The molecule has 0 fully saturated rings. The molecule has 0 saturated carbocycles. The van der Waals surface area contributed by atoms with Crippen LogP contribution in [-0.4, -0.2) is 18.6 Å². The van der Waals surface area contributed by atoms with E-state index in [1.165, 1.54) is 0 Å². The lowest BCUT2D eigenvalue weighted by molar-refractivity contribution is -0.146. The minimum Gasteiger partial charge on any atom is -0.465 e. The highest BCUT2D eigenvalue weighted by atomic mass is 16.5. The van der Waals surface area contributed by atoms with Gasteiger partial charge in [0.05, 0.1) is 13.2 Å². The van der Waals surface area contributed by atoms with Crippen LogP contribution in [-0.2, 0) is 16.1 Å². The maximum absolute atomic E-state index is 11.8. The first-order chi connectivity index (χ1) is 9.17. The lowest BCUT2D eigenvalue weighted by Gasteiger charge is -2.15. The molecule has 0 aliphatic heterocycles. The number of nitrogens with one attached hydrogen (secondary N) is 1. The molecule has 1 heterocycles. The van der Waals surface area contributed by atoms with Crippen LogP contribution in [0.5, 0.6) is 0 Å². The number of hydrogen-bond acceptors (Lipinski definition) is 4. The SMILES string of the molecule is C=CCCCOC(=O)C(CC)NCc1ccc(C)o1. The summed E-state index contributed by atoms with van der Waals surface area (Å²) in [5.41, 5.74) is 0. The zero-order valence-electron chi connectivity index (χ0n) is 11.8. The van der Waals surface area contributed by atoms with E-state index in [1.807, 2.05) is 32.1 Å². The van der Waals surface area contributed by atoms with Crippen molar-refractivity contribution < 1.29 is 13.9 Å². The number of allylic oxidation sites excluding steroid dienone is 1. The van der Waals surface area contributed by atoms with Crippen molar-refractivity contribution >= 4 is 5.97 Å². The Hall–Kier alpha value is -1.55. The summed E-state index contributed by atoms with van der Waals surface area (Å²) in [7, 11) is 0. The Morgan fingerprint density at radius 3 is 2.95 bits per heavy atom. The van der Waals surface area contributed by atoms with Crippen LogP contribution in [0.25, 0.3) is 0 Å². The molecule has 1 rings (SSSR count). The molecule has 4 heteroatoms. The number of aryl methyl sites for hydroxylation is 1. The molecule has 0 aliphatic rings. The Morgan fingerprint density at radius 2 is 2.37 bits per heavy atom. The van der Waals surface area contributed by atoms with Gasteiger partial charge >= 0.3 is 5.97 Å². The molecule has 0 bridgehead atoms. The van der Waals surface area contributed by atoms with Gasteiger partial charge in [-0.05, 0) is 38.3 Å². The first-order valence-corrected chi connectivity index (χ1v) is 6.73. The second-order valence-electron chi connectivity index (χ2n) is 4.45. The van der Waals surface area contributed by atoms with E-state index in [0.29, 0.717) is 19.6 Å². The topological polar surface area (TPSA) is 51.5 Å². The summed E-state index contributed by atoms with van der Waals surface area (Å²) in [6, 6.07) is 3.53. The lowest BCUT2D eigenvalue weighted by atomic mass is 10.2. The molecule has 4 nitrogen and oxygen atoms in total. The Labute approximate surface area is 114 Å². The number of carbonyl (C=O) groups excluding carboxylic acids is 1. The predicted molar refractivity (Wildman–Crippen MR) is 74.8 cm³/mol. The summed E-state index contributed by atoms with van der Waals surface area (Å²) < 4.78 is 10.7. The third kappa shape index (κ3) is 5.75. The van der Waals surface area contributed by atoms with Crippen LogP contribution in [0.2, 0.25) is 0 Å². The monoisotopic (exact) mass is 265 g/mol. The summed E-state index contributed by atoms with van der Waals surface area (Å²) in [6.07, 6.45) is 4.20. The quantitative estimate of drug-likeness (QED) is 0.424. The van der Waals surface area contributed by atoms with Gasteiger partial charge in [0.25, 0.3) is 0 Å². The molecular weight excluding hydrogens is 242 g/mol. The number of rotatable bonds is 9. The van der Waals surface area contributed by atoms with Crippen LogP contribution in [0.3, 0.4) is 0 Å². The van der Waals surface area contributed by atoms with Crippen LogP contribution in [0.15, 0.2) is 29.2 Å². The summed E-state index contributed by atoms with van der Waals surface area (Å²) in [4.78, 5) is 11.8. The van der Waals surface area contributed by atoms with E-state index in [4.69, 9.17) is 9.15 Å². The fraction of sp³-hybridized carbons (Fsp3) is 0.533. The second kappa shape index (κ2) is 8.53. The van der Waals surface area contributed by atoms with Crippen molar-refractivity contribution in [1.82, 2.24) is 5.32 Å². The van der Waals surface area contributed by atoms with E-state index in [9.17, 15) is 4.79 Å². The van der Waals surface area contributed by atoms with Gasteiger partial charge in [-0.2, -0.15) is 0 Å². The average Bonchev–Trinajstić information content (AvgIpc) is 2.81. The Kier molecular flexibility index (Phi) is 6.97. The summed E-state index contributed by atoms with van der Waals surface area (Å²) >= 11 is 0. The molecule has 1 atom stereocenters. The van der Waals surface area contributed by atoms with Crippen molar-refractivity contribution in [3.8, 4) is 0 Å². The number of hydrogen-bond donors (Lipinski definition) is 1. The van der Waals surface area contributed by atoms with Crippen molar-refractivity contribution in [2.45, 2.75) is 45.7 Å². The highest BCUT2D eigenvalue weighted by Crippen LogP contribution is 2.07. The maximum Gasteiger partial charge on any atom is 0.323 e. The van der Waals surface area contributed by atoms with Crippen LogP contribution < -0.4 is 5.32 Å². The third-order valence-electron chi connectivity index (χ3n) is 2.81. The van der Waals surface area contributed by atoms with Gasteiger partial charge in [0, 0.05) is 0 Å². The van der Waals surface area contributed by atoms with Crippen LogP contribution in [0, 0.1) is 6.92 Å². The molecule has 0 saturated heterocycles. The highest BCUT2D eigenvalue weighted by molar-refractivity contribution is 5.75. The number of carbonyl (C=O) groups is 1. The van der Waals surface area contributed by atoms with Gasteiger partial charge in [0.1, 0.15) is 17.6 Å². The van der Waals surface area contributed by atoms with Gasteiger partial charge in [0.2, 0.25) is 0 Å². The molecule has 0 aromatic carbocycles. The Balaban J connectivity index is 2.31.